The van der Waals surface area contributed by atoms with Gasteiger partial charge in [-0.1, -0.05) is 29.3 Å². The second-order valence-electron chi connectivity index (χ2n) is 5.64. The summed E-state index contributed by atoms with van der Waals surface area (Å²) in [5, 5.41) is 0.977. The van der Waals surface area contributed by atoms with Crippen LogP contribution in [0.4, 0.5) is 0 Å². The number of hydrogen-bond acceptors (Lipinski definition) is 4. The second kappa shape index (κ2) is 10.3. The standard InChI is InChI=1S/C17H22Cl2N2O3S/c1-2-20(10-13-3-4-14(18)15(19)9-13)16(22)11-25-12-17(23)21-5-7-24-8-6-21/h3-4,9H,2,5-8,10-12H2,1H3. The van der Waals surface area contributed by atoms with Gasteiger partial charge in [-0.05, 0) is 24.6 Å². The van der Waals surface area contributed by atoms with Crippen LogP contribution in [0.5, 0.6) is 0 Å². The maximum atomic E-state index is 12.4. The van der Waals surface area contributed by atoms with Gasteiger partial charge in [-0.25, -0.2) is 0 Å². The molecule has 1 fully saturated rings. The maximum Gasteiger partial charge on any atom is 0.232 e. The van der Waals surface area contributed by atoms with Crippen molar-refractivity contribution in [1.82, 2.24) is 9.80 Å². The number of benzene rings is 1. The number of morpholine rings is 1. The van der Waals surface area contributed by atoms with E-state index in [1.165, 1.54) is 11.8 Å². The molecule has 2 rings (SSSR count). The third kappa shape index (κ3) is 6.37. The Bertz CT molecular complexity index is 610. The predicted octanol–water partition coefficient (Wildman–Crippen LogP) is 2.93. The van der Waals surface area contributed by atoms with E-state index in [4.69, 9.17) is 27.9 Å². The molecule has 8 heteroatoms. The first-order valence-electron chi connectivity index (χ1n) is 8.16. The number of ether oxygens (including phenoxy) is 1. The zero-order valence-electron chi connectivity index (χ0n) is 14.2. The summed E-state index contributed by atoms with van der Waals surface area (Å²) < 4.78 is 5.23. The number of carbonyl (C=O) groups is 2. The van der Waals surface area contributed by atoms with Crippen LogP contribution in [0, 0.1) is 0 Å². The molecule has 0 aliphatic carbocycles. The normalized spacial score (nSPS) is 14.4. The number of amides is 2. The molecule has 1 heterocycles. The highest BCUT2D eigenvalue weighted by Gasteiger charge is 2.18. The minimum atomic E-state index is 0.00773. The number of thioether (sulfide) groups is 1. The van der Waals surface area contributed by atoms with Gasteiger partial charge in [-0.15, -0.1) is 11.8 Å². The summed E-state index contributed by atoms with van der Waals surface area (Å²) in [6, 6.07) is 5.36. The van der Waals surface area contributed by atoms with E-state index in [1.54, 1.807) is 21.9 Å². The highest BCUT2D eigenvalue weighted by Crippen LogP contribution is 2.23. The van der Waals surface area contributed by atoms with Crippen LogP contribution in [0.15, 0.2) is 18.2 Å². The van der Waals surface area contributed by atoms with Gasteiger partial charge in [-0.2, -0.15) is 0 Å². The Morgan fingerprint density at radius 1 is 1.20 bits per heavy atom. The van der Waals surface area contributed by atoms with Crippen LogP contribution in [-0.2, 0) is 20.9 Å². The topological polar surface area (TPSA) is 49.9 Å². The highest BCUT2D eigenvalue weighted by molar-refractivity contribution is 8.00. The first kappa shape index (κ1) is 20.4. The summed E-state index contributed by atoms with van der Waals surface area (Å²) in [7, 11) is 0. The minimum Gasteiger partial charge on any atom is -0.378 e. The molecule has 0 bridgehead atoms. The van der Waals surface area contributed by atoms with Crippen LogP contribution in [0.2, 0.25) is 10.0 Å². The van der Waals surface area contributed by atoms with E-state index in [9.17, 15) is 9.59 Å². The van der Waals surface area contributed by atoms with Crippen LogP contribution in [-0.4, -0.2) is 66.0 Å². The number of carbonyl (C=O) groups excluding carboxylic acids is 2. The van der Waals surface area contributed by atoms with Gasteiger partial charge < -0.3 is 14.5 Å². The average Bonchev–Trinajstić information content (AvgIpc) is 2.63. The smallest absolute Gasteiger partial charge is 0.232 e. The maximum absolute atomic E-state index is 12.4. The molecule has 138 valence electrons. The zero-order valence-corrected chi connectivity index (χ0v) is 16.5. The molecule has 1 saturated heterocycles. The van der Waals surface area contributed by atoms with E-state index in [0.29, 0.717) is 55.2 Å². The quantitative estimate of drug-likeness (QED) is 0.700. The Morgan fingerprint density at radius 3 is 2.56 bits per heavy atom. The third-order valence-electron chi connectivity index (χ3n) is 3.91. The first-order chi connectivity index (χ1) is 12.0. The van der Waals surface area contributed by atoms with Crippen molar-refractivity contribution in [3.8, 4) is 0 Å². The molecule has 0 atom stereocenters. The summed E-state index contributed by atoms with van der Waals surface area (Å²) in [6.07, 6.45) is 0. The Labute approximate surface area is 162 Å². The minimum absolute atomic E-state index is 0.00773. The van der Waals surface area contributed by atoms with Gasteiger partial charge in [0.15, 0.2) is 0 Å². The fourth-order valence-corrected chi connectivity index (χ4v) is 3.59. The van der Waals surface area contributed by atoms with Crippen molar-refractivity contribution >= 4 is 46.8 Å². The summed E-state index contributed by atoms with van der Waals surface area (Å²) in [4.78, 5) is 28.0. The van der Waals surface area contributed by atoms with Gasteiger partial charge in [0.05, 0.1) is 34.8 Å². The zero-order chi connectivity index (χ0) is 18.2. The van der Waals surface area contributed by atoms with E-state index in [2.05, 4.69) is 0 Å². The molecule has 1 aliphatic rings. The molecular weight excluding hydrogens is 383 g/mol. The van der Waals surface area contributed by atoms with Crippen molar-refractivity contribution in [1.29, 1.82) is 0 Å². The van der Waals surface area contributed by atoms with E-state index in [-0.39, 0.29) is 17.6 Å². The Hall–Kier alpha value is -0.950. The van der Waals surface area contributed by atoms with Crippen molar-refractivity contribution in [2.24, 2.45) is 0 Å². The van der Waals surface area contributed by atoms with Crippen LogP contribution in [0.3, 0.4) is 0 Å². The van der Waals surface area contributed by atoms with Crippen LogP contribution < -0.4 is 0 Å². The molecular formula is C17H22Cl2N2O3S. The largest absolute Gasteiger partial charge is 0.378 e. The lowest BCUT2D eigenvalue weighted by atomic mass is 10.2. The Balaban J connectivity index is 1.79. The fourth-order valence-electron chi connectivity index (χ4n) is 2.46. The van der Waals surface area contributed by atoms with E-state index >= 15 is 0 Å². The average molecular weight is 405 g/mol. The Morgan fingerprint density at radius 2 is 1.92 bits per heavy atom. The molecule has 2 amide bonds. The number of hydrogen-bond donors (Lipinski definition) is 0. The predicted molar refractivity (Wildman–Crippen MR) is 102 cm³/mol. The molecule has 1 aromatic rings. The number of rotatable bonds is 7. The van der Waals surface area contributed by atoms with Gasteiger partial charge in [-0.3, -0.25) is 9.59 Å². The molecule has 0 saturated carbocycles. The number of halogens is 2. The lowest BCUT2D eigenvalue weighted by Crippen LogP contribution is -2.41. The summed E-state index contributed by atoms with van der Waals surface area (Å²) in [5.41, 5.74) is 0.930. The van der Waals surface area contributed by atoms with Crippen LogP contribution in [0.1, 0.15) is 12.5 Å². The van der Waals surface area contributed by atoms with Crippen molar-refractivity contribution < 1.29 is 14.3 Å². The van der Waals surface area contributed by atoms with Crippen molar-refractivity contribution in [3.63, 3.8) is 0 Å². The molecule has 5 nitrogen and oxygen atoms in total. The van der Waals surface area contributed by atoms with Crippen molar-refractivity contribution in [3.05, 3.63) is 33.8 Å². The van der Waals surface area contributed by atoms with Crippen LogP contribution >= 0.6 is 35.0 Å². The summed E-state index contributed by atoms with van der Waals surface area (Å²) in [6.45, 7) is 5.43. The van der Waals surface area contributed by atoms with Gasteiger partial charge >= 0.3 is 0 Å². The number of nitrogens with zero attached hydrogens (tertiary/aromatic N) is 2. The van der Waals surface area contributed by atoms with Crippen molar-refractivity contribution in [2.75, 3.05) is 44.4 Å². The molecule has 1 aromatic carbocycles. The van der Waals surface area contributed by atoms with E-state index < -0.39 is 0 Å². The van der Waals surface area contributed by atoms with E-state index in [1.807, 2.05) is 13.0 Å². The molecule has 0 spiro atoms. The highest BCUT2D eigenvalue weighted by atomic mass is 35.5. The van der Waals surface area contributed by atoms with Gasteiger partial charge in [0, 0.05) is 26.2 Å². The summed E-state index contributed by atoms with van der Waals surface area (Å²) in [5.74, 6) is 0.670. The SMILES string of the molecule is CCN(Cc1ccc(Cl)c(Cl)c1)C(=O)CSCC(=O)N1CCOCC1. The van der Waals surface area contributed by atoms with Gasteiger partial charge in [0.2, 0.25) is 11.8 Å². The Kier molecular flexibility index (Phi) is 8.36. The molecule has 0 radical (unpaired) electrons. The molecule has 0 aromatic heterocycles. The monoisotopic (exact) mass is 404 g/mol. The van der Waals surface area contributed by atoms with E-state index in [0.717, 1.165) is 5.56 Å². The molecule has 0 unspecified atom stereocenters. The first-order valence-corrected chi connectivity index (χ1v) is 10.1. The molecule has 0 N–H and O–H groups in total. The molecule has 1 aliphatic heterocycles. The van der Waals surface area contributed by atoms with Crippen molar-refractivity contribution in [2.45, 2.75) is 13.5 Å². The van der Waals surface area contributed by atoms with Crippen LogP contribution in [0.25, 0.3) is 0 Å². The fraction of sp³-hybridized carbons (Fsp3) is 0.529. The van der Waals surface area contributed by atoms with Gasteiger partial charge in [0.1, 0.15) is 0 Å². The third-order valence-corrected chi connectivity index (χ3v) is 5.55. The summed E-state index contributed by atoms with van der Waals surface area (Å²) >= 11 is 13.3. The lowest BCUT2D eigenvalue weighted by molar-refractivity contribution is -0.132. The second-order valence-corrected chi connectivity index (χ2v) is 7.44. The van der Waals surface area contributed by atoms with Gasteiger partial charge in [0.25, 0.3) is 0 Å². The lowest BCUT2D eigenvalue weighted by Gasteiger charge is -2.27. The molecule has 25 heavy (non-hydrogen) atoms.